The summed E-state index contributed by atoms with van der Waals surface area (Å²) in [7, 11) is 0. The van der Waals surface area contributed by atoms with Gasteiger partial charge in [-0.25, -0.2) is 4.39 Å². The highest BCUT2D eigenvalue weighted by Gasteiger charge is 2.21. The van der Waals surface area contributed by atoms with Crippen LogP contribution in [-0.4, -0.2) is 40.9 Å². The van der Waals surface area contributed by atoms with Gasteiger partial charge in [-0.3, -0.25) is 9.59 Å². The van der Waals surface area contributed by atoms with Gasteiger partial charge < -0.3 is 14.8 Å². The fourth-order valence-corrected chi connectivity index (χ4v) is 2.39. The van der Waals surface area contributed by atoms with Gasteiger partial charge in [0, 0.05) is 19.3 Å². The number of nitrogens with one attached hydrogen (secondary N) is 1. The average molecular weight is 275 g/mol. The molecule has 0 aliphatic carbocycles. The number of benzene rings is 1. The minimum atomic E-state index is -0.331. The van der Waals surface area contributed by atoms with E-state index in [1.807, 2.05) is 6.07 Å². The smallest absolute Gasteiger partial charge is 0.243 e. The monoisotopic (exact) mass is 275 g/mol. The molecule has 1 aromatic heterocycles. The van der Waals surface area contributed by atoms with Crippen LogP contribution >= 0.6 is 0 Å². The van der Waals surface area contributed by atoms with Gasteiger partial charge in [-0.05, 0) is 29.7 Å². The third-order valence-electron chi connectivity index (χ3n) is 3.43. The Hall–Kier alpha value is -2.37. The molecule has 2 amide bonds. The first-order valence-electron chi connectivity index (χ1n) is 6.42. The quantitative estimate of drug-likeness (QED) is 0.879. The molecule has 1 aliphatic heterocycles. The van der Waals surface area contributed by atoms with Crippen LogP contribution in [0.25, 0.3) is 10.9 Å². The Kier molecular flexibility index (Phi) is 3.14. The van der Waals surface area contributed by atoms with Crippen LogP contribution in [-0.2, 0) is 16.1 Å². The van der Waals surface area contributed by atoms with E-state index in [0.717, 1.165) is 5.39 Å². The summed E-state index contributed by atoms with van der Waals surface area (Å²) in [6.07, 6.45) is 1.76. The first kappa shape index (κ1) is 12.7. The number of piperazine rings is 1. The lowest BCUT2D eigenvalue weighted by Gasteiger charge is -2.26. The third kappa shape index (κ3) is 2.36. The van der Waals surface area contributed by atoms with E-state index in [1.54, 1.807) is 16.8 Å². The van der Waals surface area contributed by atoms with Crippen LogP contribution in [0.5, 0.6) is 0 Å². The van der Waals surface area contributed by atoms with Crippen molar-refractivity contribution in [1.29, 1.82) is 0 Å². The van der Waals surface area contributed by atoms with Crippen LogP contribution < -0.4 is 5.32 Å². The van der Waals surface area contributed by atoms with Crippen LogP contribution in [0, 0.1) is 5.82 Å². The van der Waals surface area contributed by atoms with Crippen molar-refractivity contribution in [2.75, 3.05) is 19.6 Å². The molecule has 2 aromatic rings. The Morgan fingerprint density at radius 1 is 1.35 bits per heavy atom. The maximum Gasteiger partial charge on any atom is 0.243 e. The number of carbonyl (C=O) groups is 2. The lowest BCUT2D eigenvalue weighted by atomic mass is 10.2. The van der Waals surface area contributed by atoms with Gasteiger partial charge in [0.25, 0.3) is 0 Å². The van der Waals surface area contributed by atoms with Gasteiger partial charge in [-0.2, -0.15) is 0 Å². The van der Waals surface area contributed by atoms with Crippen molar-refractivity contribution in [3.63, 3.8) is 0 Å². The fourth-order valence-electron chi connectivity index (χ4n) is 2.39. The Morgan fingerprint density at radius 2 is 2.20 bits per heavy atom. The van der Waals surface area contributed by atoms with Gasteiger partial charge in [0.2, 0.25) is 11.8 Å². The standard InChI is InChI=1S/C14H14FN3O2/c15-11-2-1-10-3-5-17(12(10)7-11)9-14(20)18-6-4-16-13(19)8-18/h1-3,5,7H,4,6,8-9H2,(H,16,19). The molecule has 0 radical (unpaired) electrons. The van der Waals surface area contributed by atoms with Crippen LogP contribution in [0.15, 0.2) is 30.5 Å². The van der Waals surface area contributed by atoms with E-state index in [1.165, 1.54) is 17.0 Å². The molecule has 1 aliphatic rings. The van der Waals surface area contributed by atoms with Crippen LogP contribution in [0.4, 0.5) is 4.39 Å². The van der Waals surface area contributed by atoms with E-state index in [9.17, 15) is 14.0 Å². The maximum absolute atomic E-state index is 13.3. The predicted molar refractivity (Wildman–Crippen MR) is 71.5 cm³/mol. The summed E-state index contributed by atoms with van der Waals surface area (Å²) in [6, 6.07) is 6.32. The molecule has 104 valence electrons. The van der Waals surface area contributed by atoms with Gasteiger partial charge in [0.15, 0.2) is 0 Å². The number of fused-ring (bicyclic) bond motifs is 1. The summed E-state index contributed by atoms with van der Waals surface area (Å²) in [5.41, 5.74) is 0.680. The molecule has 20 heavy (non-hydrogen) atoms. The molecule has 0 spiro atoms. The van der Waals surface area contributed by atoms with E-state index in [4.69, 9.17) is 0 Å². The average Bonchev–Trinajstić information content (AvgIpc) is 2.81. The van der Waals surface area contributed by atoms with Crippen LogP contribution in [0.3, 0.4) is 0 Å². The van der Waals surface area contributed by atoms with Gasteiger partial charge in [-0.1, -0.05) is 0 Å². The van der Waals surface area contributed by atoms with E-state index >= 15 is 0 Å². The number of halogens is 1. The molecule has 5 nitrogen and oxygen atoms in total. The molecule has 3 rings (SSSR count). The summed E-state index contributed by atoms with van der Waals surface area (Å²) >= 11 is 0. The van der Waals surface area contributed by atoms with E-state index in [2.05, 4.69) is 5.32 Å². The molecule has 2 heterocycles. The molecular weight excluding hydrogens is 261 g/mol. The number of hydrogen-bond acceptors (Lipinski definition) is 2. The van der Waals surface area contributed by atoms with Crippen molar-refractivity contribution in [1.82, 2.24) is 14.8 Å². The van der Waals surface area contributed by atoms with Gasteiger partial charge >= 0.3 is 0 Å². The number of hydrogen-bond donors (Lipinski definition) is 1. The SMILES string of the molecule is O=C1CN(C(=O)Cn2ccc3ccc(F)cc32)CCN1. The zero-order chi connectivity index (χ0) is 14.1. The van der Waals surface area contributed by atoms with Crippen LogP contribution in [0.2, 0.25) is 0 Å². The Balaban J connectivity index is 1.80. The normalized spacial score (nSPS) is 15.4. The molecule has 1 fully saturated rings. The molecule has 1 aromatic carbocycles. The minimum absolute atomic E-state index is 0.0897. The Labute approximate surface area is 115 Å². The van der Waals surface area contributed by atoms with Crippen molar-refractivity contribution in [3.8, 4) is 0 Å². The lowest BCUT2D eigenvalue weighted by molar-refractivity contribution is -0.138. The molecule has 0 unspecified atom stereocenters. The highest BCUT2D eigenvalue weighted by molar-refractivity contribution is 5.87. The number of carbonyl (C=O) groups excluding carboxylic acids is 2. The summed E-state index contributed by atoms with van der Waals surface area (Å²) in [4.78, 5) is 25.0. The second kappa shape index (κ2) is 4.96. The first-order valence-corrected chi connectivity index (χ1v) is 6.42. The Morgan fingerprint density at radius 3 is 3.00 bits per heavy atom. The van der Waals surface area contributed by atoms with Crippen molar-refractivity contribution < 1.29 is 14.0 Å². The number of nitrogens with zero attached hydrogens (tertiary/aromatic N) is 2. The second-order valence-corrected chi connectivity index (χ2v) is 4.81. The van der Waals surface area contributed by atoms with Crippen molar-refractivity contribution >= 4 is 22.7 Å². The van der Waals surface area contributed by atoms with Gasteiger partial charge in [0.05, 0.1) is 12.1 Å². The first-order chi connectivity index (χ1) is 9.63. The number of aromatic nitrogens is 1. The maximum atomic E-state index is 13.3. The Bertz CT molecular complexity index is 680. The molecule has 0 bridgehead atoms. The summed E-state index contributed by atoms with van der Waals surface area (Å²) in [6.45, 7) is 1.19. The second-order valence-electron chi connectivity index (χ2n) is 4.81. The summed E-state index contributed by atoms with van der Waals surface area (Å²) < 4.78 is 15.0. The van der Waals surface area contributed by atoms with Gasteiger partial charge in [-0.15, -0.1) is 0 Å². The molecule has 6 heteroatoms. The van der Waals surface area contributed by atoms with Crippen LogP contribution in [0.1, 0.15) is 0 Å². The zero-order valence-corrected chi connectivity index (χ0v) is 10.8. The number of rotatable bonds is 2. The minimum Gasteiger partial charge on any atom is -0.353 e. The predicted octanol–water partition coefficient (Wildman–Crippen LogP) is 0.739. The third-order valence-corrected chi connectivity index (χ3v) is 3.43. The van der Waals surface area contributed by atoms with Crippen molar-refractivity contribution in [2.45, 2.75) is 6.54 Å². The number of amides is 2. The zero-order valence-electron chi connectivity index (χ0n) is 10.8. The van der Waals surface area contributed by atoms with Crippen molar-refractivity contribution in [2.24, 2.45) is 0 Å². The highest BCUT2D eigenvalue weighted by atomic mass is 19.1. The molecule has 0 atom stereocenters. The molecular formula is C14H14FN3O2. The topological polar surface area (TPSA) is 54.3 Å². The molecule has 1 saturated heterocycles. The molecule has 1 N–H and O–H groups in total. The van der Waals surface area contributed by atoms with E-state index in [0.29, 0.717) is 18.6 Å². The largest absolute Gasteiger partial charge is 0.353 e. The fraction of sp³-hybridized carbons (Fsp3) is 0.286. The lowest BCUT2D eigenvalue weighted by Crippen LogP contribution is -2.50. The molecule has 0 saturated carbocycles. The van der Waals surface area contributed by atoms with Crippen molar-refractivity contribution in [3.05, 3.63) is 36.3 Å². The summed E-state index contributed by atoms with van der Waals surface area (Å²) in [5, 5.41) is 3.56. The highest BCUT2D eigenvalue weighted by Crippen LogP contribution is 2.17. The van der Waals surface area contributed by atoms with E-state index < -0.39 is 0 Å². The summed E-state index contributed by atoms with van der Waals surface area (Å²) in [5.74, 6) is -0.614. The van der Waals surface area contributed by atoms with E-state index in [-0.39, 0.29) is 30.7 Å². The van der Waals surface area contributed by atoms with Gasteiger partial charge in [0.1, 0.15) is 12.4 Å².